The molecule has 0 fully saturated rings. The molecule has 0 unspecified atom stereocenters. The van der Waals surface area contributed by atoms with Crippen molar-refractivity contribution in [2.45, 2.75) is 26.4 Å². The molecule has 0 saturated heterocycles. The van der Waals surface area contributed by atoms with Crippen molar-refractivity contribution in [1.29, 1.82) is 0 Å². The number of esters is 1. The zero-order chi connectivity index (χ0) is 16.3. The van der Waals surface area contributed by atoms with E-state index in [1.807, 2.05) is 48.5 Å². The van der Waals surface area contributed by atoms with Crippen molar-refractivity contribution >= 4 is 5.97 Å². The Hall–Kier alpha value is -2.55. The van der Waals surface area contributed by atoms with Gasteiger partial charge in [0.1, 0.15) is 12.4 Å². The number of allylic oxidation sites excluding steroid dienone is 1. The summed E-state index contributed by atoms with van der Waals surface area (Å²) in [6.45, 7) is 2.78. The minimum Gasteiger partial charge on any atom is -0.489 e. The number of rotatable bonds is 8. The number of carbonyl (C=O) groups excluding carboxylic acids is 1. The fraction of sp³-hybridized carbons (Fsp3) is 0.250. The minimum atomic E-state index is -0.280. The zero-order valence-corrected chi connectivity index (χ0v) is 13.4. The summed E-state index contributed by atoms with van der Waals surface area (Å²) >= 11 is 0. The molecule has 3 heteroatoms. The van der Waals surface area contributed by atoms with Gasteiger partial charge in [-0.05, 0) is 43.0 Å². The second-order valence-electron chi connectivity index (χ2n) is 5.11. The van der Waals surface area contributed by atoms with Crippen molar-refractivity contribution in [3.63, 3.8) is 0 Å². The van der Waals surface area contributed by atoms with Gasteiger partial charge in [-0.2, -0.15) is 0 Å². The molecular formula is C20H22O3. The summed E-state index contributed by atoms with van der Waals surface area (Å²) in [5.41, 5.74) is 2.37. The van der Waals surface area contributed by atoms with Crippen LogP contribution in [-0.2, 0) is 22.6 Å². The first kappa shape index (κ1) is 16.8. The van der Waals surface area contributed by atoms with Crippen LogP contribution in [0.2, 0.25) is 0 Å². The third kappa shape index (κ3) is 6.39. The van der Waals surface area contributed by atoms with Crippen molar-refractivity contribution in [1.82, 2.24) is 0 Å². The van der Waals surface area contributed by atoms with E-state index in [-0.39, 0.29) is 5.97 Å². The smallest absolute Gasteiger partial charge is 0.330 e. The molecule has 2 aromatic rings. The topological polar surface area (TPSA) is 35.5 Å². The third-order valence-electron chi connectivity index (χ3n) is 3.31. The Morgan fingerprint density at radius 3 is 2.43 bits per heavy atom. The maximum Gasteiger partial charge on any atom is 0.330 e. The molecule has 0 radical (unpaired) electrons. The van der Waals surface area contributed by atoms with E-state index in [1.165, 1.54) is 11.6 Å². The maximum atomic E-state index is 11.2. The molecule has 0 aliphatic heterocycles. The fourth-order valence-corrected chi connectivity index (χ4v) is 2.11. The van der Waals surface area contributed by atoms with E-state index in [0.717, 1.165) is 24.2 Å². The van der Waals surface area contributed by atoms with Crippen LogP contribution in [0.3, 0.4) is 0 Å². The summed E-state index contributed by atoms with van der Waals surface area (Å²) in [5, 5.41) is 0. The van der Waals surface area contributed by atoms with Crippen LogP contribution in [0, 0.1) is 0 Å². The van der Waals surface area contributed by atoms with Gasteiger partial charge in [0, 0.05) is 6.08 Å². The predicted molar refractivity (Wildman–Crippen MR) is 91.3 cm³/mol. The standard InChI is InChI=1S/C20H22O3/c1-2-22-20(21)11-7-6-8-17-12-14-19(15-13-17)23-16-18-9-4-3-5-10-18/h3-5,7,9-15H,2,6,8,16H2,1H3. The Bertz CT molecular complexity index is 615. The fourth-order valence-electron chi connectivity index (χ4n) is 2.11. The summed E-state index contributed by atoms with van der Waals surface area (Å²) in [6.07, 6.45) is 5.02. The Kier molecular flexibility index (Phi) is 6.92. The Morgan fingerprint density at radius 1 is 1.00 bits per heavy atom. The van der Waals surface area contributed by atoms with Gasteiger partial charge in [-0.25, -0.2) is 4.79 Å². The quantitative estimate of drug-likeness (QED) is 0.538. The van der Waals surface area contributed by atoms with Crippen molar-refractivity contribution < 1.29 is 14.3 Å². The van der Waals surface area contributed by atoms with Gasteiger partial charge >= 0.3 is 5.97 Å². The molecule has 0 saturated carbocycles. The monoisotopic (exact) mass is 310 g/mol. The van der Waals surface area contributed by atoms with E-state index in [0.29, 0.717) is 13.2 Å². The molecule has 0 N–H and O–H groups in total. The average Bonchev–Trinajstić information content (AvgIpc) is 2.59. The van der Waals surface area contributed by atoms with Crippen molar-refractivity contribution in [2.24, 2.45) is 0 Å². The van der Waals surface area contributed by atoms with Crippen molar-refractivity contribution in [2.75, 3.05) is 6.61 Å². The average molecular weight is 310 g/mol. The Balaban J connectivity index is 1.75. The van der Waals surface area contributed by atoms with Crippen LogP contribution in [0.4, 0.5) is 0 Å². The Labute approximate surface area is 137 Å². The normalized spacial score (nSPS) is 10.7. The van der Waals surface area contributed by atoms with Gasteiger partial charge in [0.2, 0.25) is 0 Å². The first-order valence-corrected chi connectivity index (χ1v) is 7.87. The number of benzene rings is 2. The first-order chi connectivity index (χ1) is 11.3. The number of carbonyl (C=O) groups is 1. The molecule has 0 spiro atoms. The molecule has 0 heterocycles. The molecule has 2 rings (SSSR count). The highest BCUT2D eigenvalue weighted by molar-refractivity contribution is 5.81. The number of aryl methyl sites for hydroxylation is 1. The molecule has 0 aromatic heterocycles. The van der Waals surface area contributed by atoms with Crippen LogP contribution in [0.25, 0.3) is 0 Å². The molecule has 23 heavy (non-hydrogen) atoms. The van der Waals surface area contributed by atoms with E-state index >= 15 is 0 Å². The van der Waals surface area contributed by atoms with Gasteiger partial charge in [-0.15, -0.1) is 0 Å². The lowest BCUT2D eigenvalue weighted by molar-refractivity contribution is -0.137. The lowest BCUT2D eigenvalue weighted by Gasteiger charge is -2.07. The predicted octanol–water partition coefficient (Wildman–Crippen LogP) is 4.32. The van der Waals surface area contributed by atoms with E-state index < -0.39 is 0 Å². The summed E-state index contributed by atoms with van der Waals surface area (Å²) in [4.78, 5) is 11.2. The van der Waals surface area contributed by atoms with E-state index in [2.05, 4.69) is 12.1 Å². The summed E-state index contributed by atoms with van der Waals surface area (Å²) in [7, 11) is 0. The van der Waals surface area contributed by atoms with Gasteiger partial charge in [-0.3, -0.25) is 0 Å². The molecule has 0 amide bonds. The van der Waals surface area contributed by atoms with Gasteiger partial charge in [0.25, 0.3) is 0 Å². The Morgan fingerprint density at radius 2 is 1.74 bits per heavy atom. The molecular weight excluding hydrogens is 288 g/mol. The van der Waals surface area contributed by atoms with E-state index in [4.69, 9.17) is 9.47 Å². The van der Waals surface area contributed by atoms with Crippen LogP contribution >= 0.6 is 0 Å². The largest absolute Gasteiger partial charge is 0.489 e. The second-order valence-corrected chi connectivity index (χ2v) is 5.11. The zero-order valence-electron chi connectivity index (χ0n) is 13.4. The van der Waals surface area contributed by atoms with Gasteiger partial charge in [-0.1, -0.05) is 48.5 Å². The molecule has 0 bridgehead atoms. The van der Waals surface area contributed by atoms with Crippen LogP contribution < -0.4 is 4.74 Å². The van der Waals surface area contributed by atoms with Crippen molar-refractivity contribution in [3.05, 3.63) is 77.9 Å². The lowest BCUT2D eigenvalue weighted by atomic mass is 10.1. The molecule has 3 nitrogen and oxygen atoms in total. The highest BCUT2D eigenvalue weighted by Crippen LogP contribution is 2.15. The highest BCUT2D eigenvalue weighted by Gasteiger charge is 1.97. The van der Waals surface area contributed by atoms with Crippen LogP contribution in [-0.4, -0.2) is 12.6 Å². The molecule has 120 valence electrons. The minimum absolute atomic E-state index is 0.280. The second kappa shape index (κ2) is 9.46. The van der Waals surface area contributed by atoms with Crippen molar-refractivity contribution in [3.8, 4) is 5.75 Å². The van der Waals surface area contributed by atoms with E-state index in [9.17, 15) is 4.79 Å². The molecule has 0 aliphatic carbocycles. The van der Waals surface area contributed by atoms with Crippen LogP contribution in [0.15, 0.2) is 66.7 Å². The number of ether oxygens (including phenoxy) is 2. The van der Waals surface area contributed by atoms with Crippen LogP contribution in [0.1, 0.15) is 24.5 Å². The SMILES string of the molecule is CCOC(=O)C=CCCc1ccc(OCc2ccccc2)cc1. The number of hydrogen-bond acceptors (Lipinski definition) is 3. The molecule has 0 atom stereocenters. The maximum absolute atomic E-state index is 11.2. The highest BCUT2D eigenvalue weighted by atomic mass is 16.5. The summed E-state index contributed by atoms with van der Waals surface area (Å²) < 4.78 is 10.6. The van der Waals surface area contributed by atoms with Gasteiger partial charge in [0.05, 0.1) is 6.61 Å². The number of hydrogen-bond donors (Lipinski definition) is 0. The lowest BCUT2D eigenvalue weighted by Crippen LogP contribution is -1.98. The third-order valence-corrected chi connectivity index (χ3v) is 3.31. The summed E-state index contributed by atoms with van der Waals surface area (Å²) in [5.74, 6) is 0.580. The van der Waals surface area contributed by atoms with Gasteiger partial charge < -0.3 is 9.47 Å². The van der Waals surface area contributed by atoms with Gasteiger partial charge in [0.15, 0.2) is 0 Å². The summed E-state index contributed by atoms with van der Waals surface area (Å²) in [6, 6.07) is 18.2. The molecule has 2 aromatic carbocycles. The molecule has 0 aliphatic rings. The van der Waals surface area contributed by atoms with E-state index in [1.54, 1.807) is 6.92 Å². The van der Waals surface area contributed by atoms with Crippen LogP contribution in [0.5, 0.6) is 5.75 Å². The first-order valence-electron chi connectivity index (χ1n) is 7.87.